The van der Waals surface area contributed by atoms with E-state index in [1.807, 2.05) is 0 Å². The summed E-state index contributed by atoms with van der Waals surface area (Å²) >= 11 is 0. The van der Waals surface area contributed by atoms with E-state index in [0.29, 0.717) is 11.3 Å². The van der Waals surface area contributed by atoms with Gasteiger partial charge in [0.15, 0.2) is 5.78 Å². The second-order valence-corrected chi connectivity index (χ2v) is 5.21. The van der Waals surface area contributed by atoms with Crippen molar-refractivity contribution in [3.05, 3.63) is 23.5 Å². The predicted octanol–water partition coefficient (Wildman–Crippen LogP) is 1.26. The van der Waals surface area contributed by atoms with Crippen LogP contribution in [0.25, 0.3) is 0 Å². The summed E-state index contributed by atoms with van der Waals surface area (Å²) in [6, 6.07) is 1.41. The molecular formula is C14H20N2O3. The van der Waals surface area contributed by atoms with Gasteiger partial charge in [-0.05, 0) is 25.8 Å². The molecule has 0 radical (unpaired) electrons. The van der Waals surface area contributed by atoms with E-state index in [-0.39, 0.29) is 17.7 Å². The summed E-state index contributed by atoms with van der Waals surface area (Å²) in [5.41, 5.74) is 0.972. The van der Waals surface area contributed by atoms with E-state index in [4.69, 9.17) is 0 Å². The third kappa shape index (κ3) is 3.04. The zero-order valence-electron chi connectivity index (χ0n) is 11.3. The van der Waals surface area contributed by atoms with Gasteiger partial charge in [-0.25, -0.2) is 0 Å². The van der Waals surface area contributed by atoms with E-state index >= 15 is 0 Å². The predicted molar refractivity (Wildman–Crippen MR) is 71.1 cm³/mol. The second-order valence-electron chi connectivity index (χ2n) is 5.21. The lowest BCUT2D eigenvalue weighted by Crippen LogP contribution is -2.45. The summed E-state index contributed by atoms with van der Waals surface area (Å²) in [6.45, 7) is 1.47. The molecule has 5 heteroatoms. The maximum absolute atomic E-state index is 12.2. The lowest BCUT2D eigenvalue weighted by molar-refractivity contribution is 0.0711. The van der Waals surface area contributed by atoms with Crippen molar-refractivity contribution >= 4 is 11.7 Å². The van der Waals surface area contributed by atoms with E-state index in [2.05, 4.69) is 5.32 Å². The topological polar surface area (TPSA) is 71.3 Å². The minimum Gasteiger partial charge on any atom is -0.391 e. The number of hydrogen-bond acceptors (Lipinski definition) is 3. The summed E-state index contributed by atoms with van der Waals surface area (Å²) in [7, 11) is 1.73. The number of carbonyl (C=O) groups excluding carboxylic acids is 2. The normalized spacial score (nSPS) is 23.1. The summed E-state index contributed by atoms with van der Waals surface area (Å²) in [5, 5.41) is 12.7. The molecule has 2 N–H and O–H groups in total. The van der Waals surface area contributed by atoms with Gasteiger partial charge in [-0.3, -0.25) is 9.59 Å². The first-order valence-electron chi connectivity index (χ1n) is 6.65. The number of rotatable bonds is 3. The Morgan fingerprint density at radius 2 is 2.05 bits per heavy atom. The highest BCUT2D eigenvalue weighted by Crippen LogP contribution is 2.19. The van der Waals surface area contributed by atoms with Gasteiger partial charge >= 0.3 is 0 Å². The van der Waals surface area contributed by atoms with Crippen molar-refractivity contribution in [2.24, 2.45) is 7.05 Å². The van der Waals surface area contributed by atoms with Gasteiger partial charge in [0.25, 0.3) is 5.91 Å². The van der Waals surface area contributed by atoms with Crippen molar-refractivity contribution in [2.45, 2.75) is 44.8 Å². The van der Waals surface area contributed by atoms with Crippen LogP contribution in [0.5, 0.6) is 0 Å². The lowest BCUT2D eigenvalue weighted by Gasteiger charge is -2.28. The Balaban J connectivity index is 2.09. The monoisotopic (exact) mass is 264 g/mol. The molecule has 2 rings (SSSR count). The molecule has 1 fully saturated rings. The third-order valence-corrected chi connectivity index (χ3v) is 3.69. The van der Waals surface area contributed by atoms with Crippen LogP contribution in [0.4, 0.5) is 0 Å². The molecular weight excluding hydrogens is 244 g/mol. The van der Waals surface area contributed by atoms with Gasteiger partial charge in [0.1, 0.15) is 5.69 Å². The number of nitrogens with zero attached hydrogens (tertiary/aromatic N) is 1. The molecule has 0 bridgehead atoms. The lowest BCUT2D eigenvalue weighted by atomic mass is 9.92. The summed E-state index contributed by atoms with van der Waals surface area (Å²) in [4.78, 5) is 23.5. The molecule has 104 valence electrons. The van der Waals surface area contributed by atoms with E-state index in [1.165, 1.54) is 6.92 Å². The molecule has 1 heterocycles. The highest BCUT2D eigenvalue weighted by Gasteiger charge is 2.25. The molecule has 0 spiro atoms. The molecule has 1 aromatic rings. The SMILES string of the molecule is CC(=O)c1cc(C(=O)NC2CCCCC2O)n(C)c1. The van der Waals surface area contributed by atoms with E-state index in [0.717, 1.165) is 25.7 Å². The molecule has 1 aromatic heterocycles. The number of carbonyl (C=O) groups is 2. The fourth-order valence-corrected chi connectivity index (χ4v) is 2.50. The number of aliphatic hydroxyl groups is 1. The summed E-state index contributed by atoms with van der Waals surface area (Å²) in [6.07, 6.45) is 4.74. The Morgan fingerprint density at radius 3 is 2.63 bits per heavy atom. The van der Waals surface area contributed by atoms with Gasteiger partial charge in [-0.2, -0.15) is 0 Å². The standard InChI is InChI=1S/C14H20N2O3/c1-9(17)10-7-12(16(2)8-10)14(19)15-11-5-3-4-6-13(11)18/h7-8,11,13,18H,3-6H2,1-2H3,(H,15,19). The maximum Gasteiger partial charge on any atom is 0.268 e. The Labute approximate surface area is 112 Å². The molecule has 1 aliphatic carbocycles. The average Bonchev–Trinajstić information content (AvgIpc) is 2.74. The van der Waals surface area contributed by atoms with Crippen LogP contribution in [0.15, 0.2) is 12.3 Å². The molecule has 2 unspecified atom stereocenters. The largest absolute Gasteiger partial charge is 0.391 e. The zero-order valence-corrected chi connectivity index (χ0v) is 11.3. The number of aromatic nitrogens is 1. The molecule has 0 aromatic carbocycles. The fraction of sp³-hybridized carbons (Fsp3) is 0.571. The van der Waals surface area contributed by atoms with Crippen LogP contribution in [0.1, 0.15) is 53.5 Å². The Bertz CT molecular complexity index is 493. The maximum atomic E-state index is 12.2. The first-order chi connectivity index (χ1) is 8.99. The molecule has 2 atom stereocenters. The molecule has 5 nitrogen and oxygen atoms in total. The van der Waals surface area contributed by atoms with Gasteiger partial charge in [0.2, 0.25) is 0 Å². The molecule has 19 heavy (non-hydrogen) atoms. The van der Waals surface area contributed by atoms with Crippen molar-refractivity contribution in [3.63, 3.8) is 0 Å². The second kappa shape index (κ2) is 5.57. The van der Waals surface area contributed by atoms with Crippen LogP contribution in [-0.4, -0.2) is 33.5 Å². The van der Waals surface area contributed by atoms with Crippen molar-refractivity contribution < 1.29 is 14.7 Å². The first-order valence-corrected chi connectivity index (χ1v) is 6.65. The molecule has 1 amide bonds. The van der Waals surface area contributed by atoms with Crippen molar-refractivity contribution in [1.82, 2.24) is 9.88 Å². The van der Waals surface area contributed by atoms with E-state index < -0.39 is 6.10 Å². The highest BCUT2D eigenvalue weighted by molar-refractivity contribution is 5.99. The first kappa shape index (κ1) is 13.8. The van der Waals surface area contributed by atoms with Gasteiger partial charge in [0, 0.05) is 18.8 Å². The van der Waals surface area contributed by atoms with Crippen LogP contribution in [0, 0.1) is 0 Å². The van der Waals surface area contributed by atoms with Crippen molar-refractivity contribution in [2.75, 3.05) is 0 Å². The Morgan fingerprint density at radius 1 is 1.37 bits per heavy atom. The average molecular weight is 264 g/mol. The van der Waals surface area contributed by atoms with Crippen LogP contribution in [0.3, 0.4) is 0 Å². The van der Waals surface area contributed by atoms with Gasteiger partial charge in [-0.1, -0.05) is 12.8 Å². The highest BCUT2D eigenvalue weighted by atomic mass is 16.3. The Kier molecular flexibility index (Phi) is 4.04. The molecule has 1 aliphatic rings. The number of aliphatic hydroxyl groups excluding tert-OH is 1. The van der Waals surface area contributed by atoms with Gasteiger partial charge in [-0.15, -0.1) is 0 Å². The third-order valence-electron chi connectivity index (χ3n) is 3.69. The minimum absolute atomic E-state index is 0.0626. The van der Waals surface area contributed by atoms with Crippen molar-refractivity contribution in [3.8, 4) is 0 Å². The number of nitrogens with one attached hydrogen (secondary N) is 1. The minimum atomic E-state index is -0.467. The van der Waals surface area contributed by atoms with Crippen molar-refractivity contribution in [1.29, 1.82) is 0 Å². The number of Topliss-reactive ketones (excluding diaryl/α,β-unsaturated/α-hetero) is 1. The van der Waals surface area contributed by atoms with E-state index in [9.17, 15) is 14.7 Å². The van der Waals surface area contributed by atoms with Crippen LogP contribution in [-0.2, 0) is 7.05 Å². The molecule has 0 saturated heterocycles. The number of aryl methyl sites for hydroxylation is 1. The summed E-state index contributed by atoms with van der Waals surface area (Å²) < 4.78 is 1.64. The molecule has 0 aliphatic heterocycles. The van der Waals surface area contributed by atoms with Crippen LogP contribution in [0.2, 0.25) is 0 Å². The summed E-state index contributed by atoms with van der Waals surface area (Å²) in [5.74, 6) is -0.298. The quantitative estimate of drug-likeness (QED) is 0.807. The van der Waals surface area contributed by atoms with Gasteiger partial charge in [0.05, 0.1) is 12.1 Å². The molecule has 1 saturated carbocycles. The zero-order chi connectivity index (χ0) is 14.0. The van der Waals surface area contributed by atoms with Crippen LogP contribution < -0.4 is 5.32 Å². The smallest absolute Gasteiger partial charge is 0.268 e. The number of hydrogen-bond donors (Lipinski definition) is 2. The van der Waals surface area contributed by atoms with E-state index in [1.54, 1.807) is 23.9 Å². The Hall–Kier alpha value is -1.62. The number of ketones is 1. The number of amides is 1. The van der Waals surface area contributed by atoms with Crippen LogP contribution >= 0.6 is 0 Å². The fourth-order valence-electron chi connectivity index (χ4n) is 2.50. The van der Waals surface area contributed by atoms with Gasteiger partial charge < -0.3 is 15.0 Å².